The molecular weight excluding hydrogens is 514 g/mol. The molecule has 8 nitrogen and oxygen atoms in total. The number of nitrogens with zero attached hydrogens (tertiary/aromatic N) is 3. The van der Waals surface area contributed by atoms with Crippen molar-refractivity contribution in [2.75, 3.05) is 23.7 Å². The Labute approximate surface area is 230 Å². The number of nitrogens with one attached hydrogen (secondary N) is 3. The molecule has 0 unspecified atom stereocenters. The van der Waals surface area contributed by atoms with Gasteiger partial charge in [0.1, 0.15) is 5.75 Å². The van der Waals surface area contributed by atoms with Gasteiger partial charge in [0.05, 0.1) is 11.3 Å². The Balaban J connectivity index is 1.29. The SMILES string of the molecule is Cc1ccc2c(NC(=O)C3CC(F)(F)C3)cccc2c1Oc1ncccc1-c1ccnc(N[C@H]2CCCNC2)n1. The van der Waals surface area contributed by atoms with Gasteiger partial charge in [-0.2, -0.15) is 0 Å². The number of alkyl halides is 2. The molecule has 0 radical (unpaired) electrons. The molecule has 1 atom stereocenters. The molecule has 2 aliphatic rings. The van der Waals surface area contributed by atoms with Crippen molar-refractivity contribution in [3.63, 3.8) is 0 Å². The monoisotopic (exact) mass is 544 g/mol. The van der Waals surface area contributed by atoms with E-state index in [1.54, 1.807) is 24.5 Å². The van der Waals surface area contributed by atoms with E-state index in [9.17, 15) is 13.6 Å². The second kappa shape index (κ2) is 10.8. The number of carbonyl (C=O) groups excluding carboxylic acids is 1. The third-order valence-electron chi connectivity index (χ3n) is 7.46. The Hall–Kier alpha value is -4.18. The zero-order chi connectivity index (χ0) is 27.7. The zero-order valence-electron chi connectivity index (χ0n) is 22.1. The van der Waals surface area contributed by atoms with Crippen LogP contribution < -0.4 is 20.7 Å². The molecule has 2 aromatic carbocycles. The highest BCUT2D eigenvalue weighted by Crippen LogP contribution is 2.43. The number of anilines is 2. The Morgan fingerprint density at radius 3 is 2.73 bits per heavy atom. The van der Waals surface area contributed by atoms with Crippen molar-refractivity contribution in [2.45, 2.75) is 44.6 Å². The van der Waals surface area contributed by atoms with Gasteiger partial charge < -0.3 is 20.7 Å². The summed E-state index contributed by atoms with van der Waals surface area (Å²) >= 11 is 0. The zero-order valence-corrected chi connectivity index (χ0v) is 22.1. The van der Waals surface area contributed by atoms with Crippen molar-refractivity contribution < 1.29 is 18.3 Å². The second-order valence-corrected chi connectivity index (χ2v) is 10.5. The first-order valence-corrected chi connectivity index (χ1v) is 13.5. The Morgan fingerprint density at radius 1 is 1.05 bits per heavy atom. The van der Waals surface area contributed by atoms with E-state index in [1.807, 2.05) is 43.3 Å². The summed E-state index contributed by atoms with van der Waals surface area (Å²) in [5.74, 6) is -2.33. The number of carbonyl (C=O) groups is 1. The van der Waals surface area contributed by atoms with Gasteiger partial charge >= 0.3 is 0 Å². The van der Waals surface area contributed by atoms with E-state index in [-0.39, 0.29) is 6.04 Å². The van der Waals surface area contributed by atoms with Gasteiger partial charge in [0.2, 0.25) is 23.7 Å². The fourth-order valence-electron chi connectivity index (χ4n) is 5.26. The largest absolute Gasteiger partial charge is 0.437 e. The van der Waals surface area contributed by atoms with Crippen LogP contribution in [0.1, 0.15) is 31.2 Å². The van der Waals surface area contributed by atoms with Crippen LogP contribution in [0.5, 0.6) is 11.6 Å². The molecule has 206 valence electrons. The summed E-state index contributed by atoms with van der Waals surface area (Å²) in [4.78, 5) is 26.3. The number of ether oxygens (including phenoxy) is 1. The van der Waals surface area contributed by atoms with Gasteiger partial charge in [0.25, 0.3) is 0 Å². The van der Waals surface area contributed by atoms with Crippen molar-refractivity contribution in [3.8, 4) is 22.9 Å². The molecule has 2 fully saturated rings. The van der Waals surface area contributed by atoms with Gasteiger partial charge in [-0.05, 0) is 56.1 Å². The van der Waals surface area contributed by atoms with E-state index in [0.29, 0.717) is 34.5 Å². The Bertz CT molecular complexity index is 1550. The molecule has 6 rings (SSSR count). The van der Waals surface area contributed by atoms with Crippen LogP contribution in [0.3, 0.4) is 0 Å². The molecule has 0 bridgehead atoms. The lowest BCUT2D eigenvalue weighted by Crippen LogP contribution is -2.42. The van der Waals surface area contributed by atoms with Crippen LogP contribution in [0.4, 0.5) is 20.4 Å². The Kier molecular flexibility index (Phi) is 7.02. The van der Waals surface area contributed by atoms with Crippen LogP contribution in [-0.4, -0.2) is 45.9 Å². The highest BCUT2D eigenvalue weighted by atomic mass is 19.3. The van der Waals surface area contributed by atoms with Crippen molar-refractivity contribution >= 4 is 28.3 Å². The number of amides is 1. The highest BCUT2D eigenvalue weighted by Gasteiger charge is 2.48. The summed E-state index contributed by atoms with van der Waals surface area (Å²) in [6.45, 7) is 3.82. The average molecular weight is 545 g/mol. The minimum Gasteiger partial charge on any atom is -0.437 e. The number of aromatic nitrogens is 3. The number of rotatable bonds is 7. The van der Waals surface area contributed by atoms with E-state index < -0.39 is 30.6 Å². The van der Waals surface area contributed by atoms with E-state index >= 15 is 0 Å². The van der Waals surface area contributed by atoms with Gasteiger partial charge in [0.15, 0.2) is 0 Å². The van der Waals surface area contributed by atoms with E-state index in [1.165, 1.54) is 0 Å². The normalized spacial score (nSPS) is 18.6. The first-order valence-electron chi connectivity index (χ1n) is 13.5. The van der Waals surface area contributed by atoms with E-state index in [0.717, 1.165) is 42.3 Å². The molecule has 4 aromatic rings. The number of aryl methyl sites for hydroxylation is 1. The quantitative estimate of drug-likeness (QED) is 0.265. The van der Waals surface area contributed by atoms with Crippen LogP contribution in [0.25, 0.3) is 22.0 Å². The van der Waals surface area contributed by atoms with Crippen molar-refractivity contribution in [1.29, 1.82) is 0 Å². The van der Waals surface area contributed by atoms with Gasteiger partial charge in [-0.1, -0.05) is 24.3 Å². The smallest absolute Gasteiger partial charge is 0.249 e. The van der Waals surface area contributed by atoms with E-state index in [4.69, 9.17) is 9.72 Å². The van der Waals surface area contributed by atoms with Crippen molar-refractivity contribution in [2.24, 2.45) is 5.92 Å². The summed E-state index contributed by atoms with van der Waals surface area (Å²) in [6.07, 6.45) is 4.69. The summed E-state index contributed by atoms with van der Waals surface area (Å²) in [5, 5.41) is 11.2. The van der Waals surface area contributed by atoms with Gasteiger partial charge in [-0.15, -0.1) is 0 Å². The van der Waals surface area contributed by atoms with Gasteiger partial charge in [-0.3, -0.25) is 4.79 Å². The molecule has 2 aromatic heterocycles. The maximum atomic E-state index is 13.3. The number of benzene rings is 2. The summed E-state index contributed by atoms with van der Waals surface area (Å²) in [7, 11) is 0. The lowest BCUT2D eigenvalue weighted by Gasteiger charge is -2.33. The lowest BCUT2D eigenvalue weighted by molar-refractivity contribution is -0.145. The molecule has 10 heteroatoms. The minimum atomic E-state index is -2.76. The van der Waals surface area contributed by atoms with Crippen LogP contribution >= 0.6 is 0 Å². The van der Waals surface area contributed by atoms with Crippen molar-refractivity contribution in [1.82, 2.24) is 20.3 Å². The maximum Gasteiger partial charge on any atom is 0.249 e. The molecule has 1 saturated heterocycles. The third-order valence-corrected chi connectivity index (χ3v) is 7.46. The summed E-state index contributed by atoms with van der Waals surface area (Å²) in [5.41, 5.74) is 2.81. The fraction of sp³-hybridized carbons (Fsp3) is 0.333. The molecule has 1 aliphatic heterocycles. The molecular formula is C30H30F2N6O2. The van der Waals surface area contributed by atoms with Crippen LogP contribution in [0.2, 0.25) is 0 Å². The summed E-state index contributed by atoms with van der Waals surface area (Å²) in [6, 6.07) is 15.1. The number of hydrogen-bond donors (Lipinski definition) is 3. The summed E-state index contributed by atoms with van der Waals surface area (Å²) < 4.78 is 33.1. The first-order chi connectivity index (χ1) is 19.4. The average Bonchev–Trinajstić information content (AvgIpc) is 2.94. The molecule has 1 saturated carbocycles. The van der Waals surface area contributed by atoms with Crippen LogP contribution in [0, 0.1) is 12.8 Å². The van der Waals surface area contributed by atoms with Crippen molar-refractivity contribution in [3.05, 3.63) is 66.5 Å². The second-order valence-electron chi connectivity index (χ2n) is 10.5. The van der Waals surface area contributed by atoms with Gasteiger partial charge in [0, 0.05) is 60.2 Å². The molecule has 0 spiro atoms. The molecule has 3 heterocycles. The predicted octanol–water partition coefficient (Wildman–Crippen LogP) is 5.94. The van der Waals surface area contributed by atoms with Gasteiger partial charge in [-0.25, -0.2) is 23.7 Å². The lowest BCUT2D eigenvalue weighted by atomic mass is 9.80. The minimum absolute atomic E-state index is 0.266. The fourth-order valence-corrected chi connectivity index (χ4v) is 5.26. The van der Waals surface area contributed by atoms with Crippen LogP contribution in [-0.2, 0) is 4.79 Å². The predicted molar refractivity (Wildman–Crippen MR) is 150 cm³/mol. The topological polar surface area (TPSA) is 101 Å². The number of halogens is 2. The van der Waals surface area contributed by atoms with Crippen LogP contribution in [0.15, 0.2) is 60.9 Å². The molecule has 1 amide bonds. The van der Waals surface area contributed by atoms with E-state index in [2.05, 4.69) is 25.9 Å². The molecule has 40 heavy (non-hydrogen) atoms. The maximum absolute atomic E-state index is 13.3. The Morgan fingerprint density at radius 2 is 1.93 bits per heavy atom. The first kappa shape index (κ1) is 26.1. The third kappa shape index (κ3) is 5.44. The number of pyridine rings is 1. The molecule has 1 aliphatic carbocycles. The number of fused-ring (bicyclic) bond motifs is 1. The standard InChI is InChI=1S/C30H30F2N6O2/c1-18-9-10-21-22(6-2-8-24(21)37-27(39)19-15-30(31,32)16-19)26(18)40-28-23(7-4-13-34-28)25-11-14-35-29(38-25)36-20-5-3-12-33-17-20/h2,4,6-11,13-14,19-20,33H,3,5,12,15-17H2,1H3,(H,37,39)(H,35,36,38)/t20-/m0/s1. The highest BCUT2D eigenvalue weighted by molar-refractivity contribution is 6.05. The number of hydrogen-bond acceptors (Lipinski definition) is 7. The molecule has 3 N–H and O–H groups in total. The number of piperidine rings is 1.